The molecule has 0 aromatic carbocycles. The van der Waals surface area contributed by atoms with Crippen LogP contribution in [0.15, 0.2) is 4.99 Å². The Morgan fingerprint density at radius 3 is 2.44 bits per heavy atom. The predicted molar refractivity (Wildman–Crippen MR) is 41.0 cm³/mol. The van der Waals surface area contributed by atoms with Crippen molar-refractivity contribution in [2.45, 2.75) is 32.6 Å². The van der Waals surface area contributed by atoms with E-state index >= 15 is 0 Å². The van der Waals surface area contributed by atoms with Crippen LogP contribution in [0, 0.1) is 5.41 Å². The van der Waals surface area contributed by atoms with Gasteiger partial charge in [-0.2, -0.15) is 0 Å². The molecule has 0 spiro atoms. The van der Waals surface area contributed by atoms with Crippen molar-refractivity contribution in [3.05, 3.63) is 0 Å². The molecule has 1 aliphatic carbocycles. The molecule has 0 bridgehead atoms. The molecular formula is C8H15N. The monoisotopic (exact) mass is 125 g/mol. The lowest BCUT2D eigenvalue weighted by molar-refractivity contribution is 0.352. The summed E-state index contributed by atoms with van der Waals surface area (Å²) in [5.74, 6) is 0. The van der Waals surface area contributed by atoms with Gasteiger partial charge < -0.3 is 4.99 Å². The lowest BCUT2D eigenvalue weighted by Gasteiger charge is -2.19. The molecule has 0 aromatic heterocycles. The average Bonchev–Trinajstić information content (AvgIpc) is 2.16. The number of rotatable bonds is 2. The molecule has 1 aliphatic rings. The van der Waals surface area contributed by atoms with Crippen LogP contribution in [0.5, 0.6) is 0 Å². The number of hydrogen-bond acceptors (Lipinski definition) is 1. The molecule has 0 amide bonds. The van der Waals surface area contributed by atoms with Crippen LogP contribution in [0.2, 0.25) is 0 Å². The minimum atomic E-state index is 0.516. The molecule has 1 fully saturated rings. The van der Waals surface area contributed by atoms with Crippen molar-refractivity contribution in [3.63, 3.8) is 0 Å². The second-order valence-corrected chi connectivity index (χ2v) is 3.40. The Balaban J connectivity index is 2.40. The Hall–Kier alpha value is -0.330. The van der Waals surface area contributed by atoms with E-state index < -0.39 is 0 Å². The summed E-state index contributed by atoms with van der Waals surface area (Å²) in [5.41, 5.74) is 0.516. The van der Waals surface area contributed by atoms with Gasteiger partial charge in [0, 0.05) is 6.54 Å². The maximum atomic E-state index is 3.94. The Morgan fingerprint density at radius 1 is 1.44 bits per heavy atom. The van der Waals surface area contributed by atoms with E-state index in [4.69, 9.17) is 0 Å². The van der Waals surface area contributed by atoms with Gasteiger partial charge in [0.1, 0.15) is 0 Å². The van der Waals surface area contributed by atoms with E-state index in [1.54, 1.807) is 0 Å². The minimum Gasteiger partial charge on any atom is -0.300 e. The molecule has 0 radical (unpaired) electrons. The van der Waals surface area contributed by atoms with Crippen molar-refractivity contribution >= 4 is 6.72 Å². The third kappa shape index (κ3) is 1.54. The van der Waals surface area contributed by atoms with Gasteiger partial charge in [-0.3, -0.25) is 0 Å². The Bertz CT molecular complexity index is 101. The number of hydrogen-bond donors (Lipinski definition) is 0. The molecule has 1 nitrogen and oxygen atoms in total. The molecule has 0 heterocycles. The Kier molecular flexibility index (Phi) is 1.89. The standard InChI is InChI=1S/C8H15N/c1-8(7-9-2)5-3-4-6-8/h2-7H2,1H3. The van der Waals surface area contributed by atoms with E-state index in [-0.39, 0.29) is 0 Å². The summed E-state index contributed by atoms with van der Waals surface area (Å²) in [6, 6.07) is 0. The van der Waals surface area contributed by atoms with E-state index in [0.717, 1.165) is 6.54 Å². The molecule has 1 heteroatoms. The second kappa shape index (κ2) is 2.51. The summed E-state index contributed by atoms with van der Waals surface area (Å²) in [5, 5.41) is 0. The van der Waals surface area contributed by atoms with Gasteiger partial charge in [-0.1, -0.05) is 19.8 Å². The van der Waals surface area contributed by atoms with Crippen LogP contribution in [0.1, 0.15) is 32.6 Å². The SMILES string of the molecule is C=NCC1(C)CCCC1. The summed E-state index contributed by atoms with van der Waals surface area (Å²) < 4.78 is 0. The fourth-order valence-electron chi connectivity index (χ4n) is 1.66. The lowest BCUT2D eigenvalue weighted by atomic mass is 9.89. The molecule has 0 aromatic rings. The van der Waals surface area contributed by atoms with E-state index in [2.05, 4.69) is 18.6 Å². The highest BCUT2D eigenvalue weighted by atomic mass is 14.7. The topological polar surface area (TPSA) is 12.4 Å². The first-order valence-corrected chi connectivity index (χ1v) is 3.69. The zero-order chi connectivity index (χ0) is 6.74. The van der Waals surface area contributed by atoms with Gasteiger partial charge in [-0.15, -0.1) is 0 Å². The fourth-order valence-corrected chi connectivity index (χ4v) is 1.66. The maximum Gasteiger partial charge on any atom is 0.0435 e. The predicted octanol–water partition coefficient (Wildman–Crippen LogP) is 2.27. The van der Waals surface area contributed by atoms with Crippen LogP contribution in [0.4, 0.5) is 0 Å². The van der Waals surface area contributed by atoms with Crippen LogP contribution < -0.4 is 0 Å². The zero-order valence-corrected chi connectivity index (χ0v) is 6.19. The van der Waals surface area contributed by atoms with E-state index in [9.17, 15) is 0 Å². The number of aliphatic imine (C=N–C) groups is 1. The van der Waals surface area contributed by atoms with Crippen molar-refractivity contribution in [1.82, 2.24) is 0 Å². The van der Waals surface area contributed by atoms with Crippen molar-refractivity contribution in [2.75, 3.05) is 6.54 Å². The van der Waals surface area contributed by atoms with Gasteiger partial charge in [-0.05, 0) is 25.0 Å². The Morgan fingerprint density at radius 2 is 2.00 bits per heavy atom. The normalized spacial score (nSPS) is 24.1. The van der Waals surface area contributed by atoms with Crippen LogP contribution >= 0.6 is 0 Å². The van der Waals surface area contributed by atoms with Crippen LogP contribution in [0.3, 0.4) is 0 Å². The minimum absolute atomic E-state index is 0.516. The maximum absolute atomic E-state index is 3.94. The van der Waals surface area contributed by atoms with Crippen molar-refractivity contribution < 1.29 is 0 Å². The van der Waals surface area contributed by atoms with Gasteiger partial charge in [0.05, 0.1) is 0 Å². The third-order valence-electron chi connectivity index (χ3n) is 2.30. The molecule has 0 atom stereocenters. The third-order valence-corrected chi connectivity index (χ3v) is 2.30. The second-order valence-electron chi connectivity index (χ2n) is 3.40. The van der Waals surface area contributed by atoms with Gasteiger partial charge in [-0.25, -0.2) is 0 Å². The van der Waals surface area contributed by atoms with Crippen LogP contribution in [-0.4, -0.2) is 13.3 Å². The zero-order valence-electron chi connectivity index (χ0n) is 6.19. The smallest absolute Gasteiger partial charge is 0.0435 e. The van der Waals surface area contributed by atoms with Crippen LogP contribution in [-0.2, 0) is 0 Å². The van der Waals surface area contributed by atoms with E-state index in [1.807, 2.05) is 0 Å². The number of nitrogens with zero attached hydrogens (tertiary/aromatic N) is 1. The molecule has 1 rings (SSSR count). The van der Waals surface area contributed by atoms with Gasteiger partial charge in [0.15, 0.2) is 0 Å². The molecule has 0 aliphatic heterocycles. The van der Waals surface area contributed by atoms with Crippen LogP contribution in [0.25, 0.3) is 0 Å². The quantitative estimate of drug-likeness (QED) is 0.502. The highest BCUT2D eigenvalue weighted by Gasteiger charge is 2.27. The summed E-state index contributed by atoms with van der Waals surface area (Å²) in [7, 11) is 0. The van der Waals surface area contributed by atoms with E-state index in [1.165, 1.54) is 25.7 Å². The summed E-state index contributed by atoms with van der Waals surface area (Å²) >= 11 is 0. The lowest BCUT2D eigenvalue weighted by Crippen LogP contribution is -2.14. The fraction of sp³-hybridized carbons (Fsp3) is 0.875. The molecule has 0 unspecified atom stereocenters. The van der Waals surface area contributed by atoms with Gasteiger partial charge in [0.2, 0.25) is 0 Å². The molecule has 0 saturated heterocycles. The largest absolute Gasteiger partial charge is 0.300 e. The van der Waals surface area contributed by atoms with Crippen molar-refractivity contribution in [2.24, 2.45) is 10.4 Å². The summed E-state index contributed by atoms with van der Waals surface area (Å²) in [6.45, 7) is 6.80. The molecular weight excluding hydrogens is 110 g/mol. The molecule has 1 saturated carbocycles. The summed E-state index contributed by atoms with van der Waals surface area (Å²) in [6.07, 6.45) is 5.50. The molecule has 0 N–H and O–H groups in total. The van der Waals surface area contributed by atoms with Crippen molar-refractivity contribution in [3.8, 4) is 0 Å². The molecule has 52 valence electrons. The first kappa shape index (κ1) is 6.79. The Labute approximate surface area is 57.2 Å². The van der Waals surface area contributed by atoms with Gasteiger partial charge in [0.25, 0.3) is 0 Å². The highest BCUT2D eigenvalue weighted by molar-refractivity contribution is 5.23. The summed E-state index contributed by atoms with van der Waals surface area (Å²) in [4.78, 5) is 3.94. The first-order chi connectivity index (χ1) is 4.27. The molecule has 9 heavy (non-hydrogen) atoms. The van der Waals surface area contributed by atoms with Gasteiger partial charge >= 0.3 is 0 Å². The highest BCUT2D eigenvalue weighted by Crippen LogP contribution is 2.37. The van der Waals surface area contributed by atoms with E-state index in [0.29, 0.717) is 5.41 Å². The average molecular weight is 125 g/mol. The van der Waals surface area contributed by atoms with Crippen molar-refractivity contribution in [1.29, 1.82) is 0 Å². The first-order valence-electron chi connectivity index (χ1n) is 3.69.